The number of aliphatic hydroxyl groups excluding tert-OH is 1. The molecule has 116 valence electrons. The van der Waals surface area contributed by atoms with Gasteiger partial charge in [-0.05, 0) is 35.9 Å². The number of aliphatic hydroxyl groups is 1. The zero-order valence-electron chi connectivity index (χ0n) is 11.3. The van der Waals surface area contributed by atoms with Gasteiger partial charge in [0.1, 0.15) is 0 Å². The largest absolute Gasteiger partial charge is 0.387 e. The van der Waals surface area contributed by atoms with Gasteiger partial charge in [-0.2, -0.15) is 0 Å². The first-order valence-corrected chi connectivity index (χ1v) is 7.52. The molecule has 2 rings (SSSR count). The number of nitrogens with one attached hydrogen (secondary N) is 2. The fourth-order valence-electron chi connectivity index (χ4n) is 1.75. The maximum Gasteiger partial charge on any atom is 0.319 e. The molecule has 2 aromatic rings. The number of carbonyl (C=O) groups is 1. The van der Waals surface area contributed by atoms with Crippen molar-refractivity contribution < 1.29 is 9.90 Å². The number of amides is 2. The van der Waals surface area contributed by atoms with E-state index in [-0.39, 0.29) is 6.54 Å². The van der Waals surface area contributed by atoms with E-state index in [0.717, 1.165) is 0 Å². The molecule has 0 radical (unpaired) electrons. The summed E-state index contributed by atoms with van der Waals surface area (Å²) < 4.78 is 0. The van der Waals surface area contributed by atoms with Crippen LogP contribution in [-0.4, -0.2) is 17.7 Å². The third kappa shape index (κ3) is 4.78. The molecule has 0 saturated carbocycles. The second-order valence-corrected chi connectivity index (χ2v) is 5.81. The summed E-state index contributed by atoms with van der Waals surface area (Å²) in [4.78, 5) is 11.8. The van der Waals surface area contributed by atoms with E-state index in [2.05, 4.69) is 10.6 Å². The minimum Gasteiger partial charge on any atom is -0.387 e. The highest BCUT2D eigenvalue weighted by Crippen LogP contribution is 2.25. The van der Waals surface area contributed by atoms with E-state index >= 15 is 0 Å². The average molecular weight is 360 g/mol. The Kier molecular flexibility index (Phi) is 5.91. The van der Waals surface area contributed by atoms with Crippen LogP contribution in [-0.2, 0) is 0 Å². The predicted molar refractivity (Wildman–Crippen MR) is 89.9 cm³/mol. The Morgan fingerprint density at radius 3 is 2.36 bits per heavy atom. The predicted octanol–water partition coefficient (Wildman–Crippen LogP) is 4.50. The third-order valence-electron chi connectivity index (χ3n) is 2.89. The van der Waals surface area contributed by atoms with Crippen molar-refractivity contribution in [3.05, 3.63) is 63.1 Å². The van der Waals surface area contributed by atoms with Crippen molar-refractivity contribution in [1.29, 1.82) is 0 Å². The standard InChI is InChI=1S/C15H13Cl3N2O2/c16-10-3-1-9(2-4-10)14(21)8-19-15(22)20-13-7-11(17)5-6-12(13)18/h1-7,14,21H,8H2,(H2,19,20,22). The Bertz CT molecular complexity index is 662. The molecular formula is C15H13Cl3N2O2. The number of halogens is 3. The summed E-state index contributed by atoms with van der Waals surface area (Å²) in [5.74, 6) is 0. The summed E-state index contributed by atoms with van der Waals surface area (Å²) in [5, 5.41) is 16.5. The smallest absolute Gasteiger partial charge is 0.319 e. The molecular weight excluding hydrogens is 347 g/mol. The number of hydrogen-bond acceptors (Lipinski definition) is 2. The Morgan fingerprint density at radius 2 is 1.68 bits per heavy atom. The molecule has 0 saturated heterocycles. The van der Waals surface area contributed by atoms with Gasteiger partial charge >= 0.3 is 6.03 Å². The van der Waals surface area contributed by atoms with Gasteiger partial charge in [-0.3, -0.25) is 0 Å². The molecule has 0 aromatic heterocycles. The maximum absolute atomic E-state index is 11.8. The van der Waals surface area contributed by atoms with Crippen molar-refractivity contribution in [2.45, 2.75) is 6.10 Å². The number of rotatable bonds is 4. The van der Waals surface area contributed by atoms with Crippen molar-refractivity contribution in [2.75, 3.05) is 11.9 Å². The molecule has 0 bridgehead atoms. The second kappa shape index (κ2) is 7.70. The molecule has 0 fully saturated rings. The number of benzene rings is 2. The highest BCUT2D eigenvalue weighted by atomic mass is 35.5. The summed E-state index contributed by atoms with van der Waals surface area (Å²) in [6.45, 7) is 0.0473. The molecule has 7 heteroatoms. The molecule has 3 N–H and O–H groups in total. The topological polar surface area (TPSA) is 61.4 Å². The summed E-state index contributed by atoms with van der Waals surface area (Å²) in [6.07, 6.45) is -0.835. The van der Waals surface area contributed by atoms with Crippen LogP contribution in [0.5, 0.6) is 0 Å². The van der Waals surface area contributed by atoms with E-state index in [1.165, 1.54) is 0 Å². The fraction of sp³-hybridized carbons (Fsp3) is 0.133. The van der Waals surface area contributed by atoms with Gasteiger partial charge in [0.25, 0.3) is 0 Å². The monoisotopic (exact) mass is 358 g/mol. The first-order chi connectivity index (χ1) is 10.5. The average Bonchev–Trinajstić information content (AvgIpc) is 2.49. The first kappa shape index (κ1) is 16.9. The molecule has 2 amide bonds. The van der Waals surface area contributed by atoms with E-state index in [0.29, 0.717) is 26.3 Å². The van der Waals surface area contributed by atoms with Gasteiger partial charge in [0.05, 0.1) is 16.8 Å². The Hall–Kier alpha value is -1.46. The van der Waals surface area contributed by atoms with Crippen molar-refractivity contribution in [2.24, 2.45) is 0 Å². The summed E-state index contributed by atoms with van der Waals surface area (Å²) in [5.41, 5.74) is 1.05. The lowest BCUT2D eigenvalue weighted by Gasteiger charge is -2.13. The van der Waals surface area contributed by atoms with Gasteiger partial charge in [-0.15, -0.1) is 0 Å². The minimum atomic E-state index is -0.835. The van der Waals surface area contributed by atoms with Gasteiger partial charge in [0, 0.05) is 16.6 Å². The summed E-state index contributed by atoms with van der Waals surface area (Å²) in [7, 11) is 0. The summed E-state index contributed by atoms with van der Waals surface area (Å²) >= 11 is 17.6. The van der Waals surface area contributed by atoms with Crippen LogP contribution >= 0.6 is 34.8 Å². The highest BCUT2D eigenvalue weighted by molar-refractivity contribution is 6.35. The van der Waals surface area contributed by atoms with Gasteiger partial charge in [-0.25, -0.2) is 4.79 Å². The highest BCUT2D eigenvalue weighted by Gasteiger charge is 2.11. The number of hydrogen-bond donors (Lipinski definition) is 3. The summed E-state index contributed by atoms with van der Waals surface area (Å²) in [6, 6.07) is 11.0. The SMILES string of the molecule is O=C(NCC(O)c1ccc(Cl)cc1)Nc1cc(Cl)ccc1Cl. The Balaban J connectivity index is 1.89. The fourth-order valence-corrected chi connectivity index (χ4v) is 2.21. The molecule has 22 heavy (non-hydrogen) atoms. The van der Waals surface area contributed by atoms with Crippen LogP contribution in [0.15, 0.2) is 42.5 Å². The zero-order valence-corrected chi connectivity index (χ0v) is 13.6. The molecule has 2 aromatic carbocycles. The molecule has 4 nitrogen and oxygen atoms in total. The molecule has 0 aliphatic heterocycles. The Morgan fingerprint density at radius 1 is 1.05 bits per heavy atom. The van der Waals surface area contributed by atoms with Crippen LogP contribution in [0, 0.1) is 0 Å². The van der Waals surface area contributed by atoms with Crippen molar-refractivity contribution in [1.82, 2.24) is 5.32 Å². The first-order valence-electron chi connectivity index (χ1n) is 6.39. The van der Waals surface area contributed by atoms with Gasteiger partial charge < -0.3 is 15.7 Å². The lowest BCUT2D eigenvalue weighted by molar-refractivity contribution is 0.175. The van der Waals surface area contributed by atoms with Crippen LogP contribution < -0.4 is 10.6 Å². The molecule has 0 spiro atoms. The maximum atomic E-state index is 11.8. The van der Waals surface area contributed by atoms with Gasteiger partial charge in [-0.1, -0.05) is 46.9 Å². The minimum absolute atomic E-state index is 0.0473. The number of carbonyl (C=O) groups excluding carboxylic acids is 1. The van der Waals surface area contributed by atoms with E-state index < -0.39 is 12.1 Å². The third-order valence-corrected chi connectivity index (χ3v) is 3.70. The van der Waals surface area contributed by atoms with E-state index in [9.17, 15) is 9.90 Å². The lowest BCUT2D eigenvalue weighted by atomic mass is 10.1. The molecule has 1 atom stereocenters. The Labute approximate surface area is 143 Å². The van der Waals surface area contributed by atoms with E-state index in [1.807, 2.05) is 0 Å². The van der Waals surface area contributed by atoms with Crippen molar-refractivity contribution >= 4 is 46.5 Å². The van der Waals surface area contributed by atoms with E-state index in [4.69, 9.17) is 34.8 Å². The van der Waals surface area contributed by atoms with Gasteiger partial charge in [0.15, 0.2) is 0 Å². The quantitative estimate of drug-likeness (QED) is 0.752. The van der Waals surface area contributed by atoms with Crippen LogP contribution in [0.3, 0.4) is 0 Å². The lowest BCUT2D eigenvalue weighted by Crippen LogP contribution is -2.32. The number of urea groups is 1. The van der Waals surface area contributed by atoms with E-state index in [1.54, 1.807) is 42.5 Å². The van der Waals surface area contributed by atoms with Crippen LogP contribution in [0.25, 0.3) is 0 Å². The van der Waals surface area contributed by atoms with Crippen molar-refractivity contribution in [3.63, 3.8) is 0 Å². The molecule has 0 aliphatic rings. The molecule has 1 unspecified atom stereocenters. The normalized spacial score (nSPS) is 11.8. The van der Waals surface area contributed by atoms with Crippen molar-refractivity contribution in [3.8, 4) is 0 Å². The molecule has 0 aliphatic carbocycles. The number of anilines is 1. The zero-order chi connectivity index (χ0) is 16.1. The van der Waals surface area contributed by atoms with Crippen LogP contribution in [0.4, 0.5) is 10.5 Å². The van der Waals surface area contributed by atoms with Crippen LogP contribution in [0.1, 0.15) is 11.7 Å². The van der Waals surface area contributed by atoms with Gasteiger partial charge in [0.2, 0.25) is 0 Å². The molecule has 0 heterocycles. The second-order valence-electron chi connectivity index (χ2n) is 4.53. The van der Waals surface area contributed by atoms with Crippen LogP contribution in [0.2, 0.25) is 15.1 Å².